The van der Waals surface area contributed by atoms with Crippen LogP contribution in [-0.2, 0) is 16.2 Å². The van der Waals surface area contributed by atoms with Crippen molar-refractivity contribution < 1.29 is 21.6 Å². The number of primary sulfonamides is 1. The van der Waals surface area contributed by atoms with E-state index < -0.39 is 21.9 Å². The minimum absolute atomic E-state index is 0.00128. The van der Waals surface area contributed by atoms with Gasteiger partial charge in [-0.1, -0.05) is 37.3 Å². The van der Waals surface area contributed by atoms with Crippen LogP contribution in [0.1, 0.15) is 30.2 Å². The second-order valence-electron chi connectivity index (χ2n) is 6.23. The van der Waals surface area contributed by atoms with E-state index >= 15 is 0 Å². The summed E-state index contributed by atoms with van der Waals surface area (Å²) < 4.78 is 61.1. The van der Waals surface area contributed by atoms with E-state index in [2.05, 4.69) is 4.98 Å². The molecule has 142 valence electrons. The minimum atomic E-state index is -4.49. The third-order valence-corrected chi connectivity index (χ3v) is 5.31. The Morgan fingerprint density at radius 1 is 1.00 bits per heavy atom. The van der Waals surface area contributed by atoms with Crippen molar-refractivity contribution in [3.05, 3.63) is 71.6 Å². The molecular formula is C19H17F3N2O2S. The summed E-state index contributed by atoms with van der Waals surface area (Å²) in [5.41, 5.74) is 1.97. The lowest BCUT2D eigenvalue weighted by atomic mass is 9.96. The number of halogens is 3. The van der Waals surface area contributed by atoms with Gasteiger partial charge in [0.2, 0.25) is 10.0 Å². The number of sulfonamides is 1. The SMILES string of the molecule is CCC1C=C(c2ccc(S(N)(=O)=O)cc2)C(c2ccc(C(F)(F)F)nc2)=C1. The predicted octanol–water partition coefficient (Wildman–Crippen LogP) is 4.25. The highest BCUT2D eigenvalue weighted by atomic mass is 32.2. The summed E-state index contributed by atoms with van der Waals surface area (Å²) in [5.74, 6) is 0.134. The van der Waals surface area contributed by atoms with E-state index in [0.29, 0.717) is 5.56 Å². The van der Waals surface area contributed by atoms with Crippen LogP contribution < -0.4 is 5.14 Å². The van der Waals surface area contributed by atoms with Gasteiger partial charge in [-0.15, -0.1) is 0 Å². The average molecular weight is 394 g/mol. The van der Waals surface area contributed by atoms with Crippen molar-refractivity contribution >= 4 is 21.2 Å². The van der Waals surface area contributed by atoms with Gasteiger partial charge in [-0.25, -0.2) is 13.6 Å². The number of hydrogen-bond acceptors (Lipinski definition) is 3. The quantitative estimate of drug-likeness (QED) is 0.842. The number of nitrogens with zero attached hydrogens (tertiary/aromatic N) is 1. The summed E-state index contributed by atoms with van der Waals surface area (Å²) in [5, 5.41) is 5.12. The molecule has 0 radical (unpaired) electrons. The number of nitrogens with two attached hydrogens (primary N) is 1. The number of allylic oxidation sites excluding steroid dienone is 4. The lowest BCUT2D eigenvalue weighted by molar-refractivity contribution is -0.141. The Morgan fingerprint density at radius 2 is 1.56 bits per heavy atom. The number of benzene rings is 1. The van der Waals surface area contributed by atoms with E-state index in [1.807, 2.05) is 19.1 Å². The van der Waals surface area contributed by atoms with Crippen LogP contribution in [0.3, 0.4) is 0 Å². The summed E-state index contributed by atoms with van der Waals surface area (Å²) in [7, 11) is -3.79. The molecule has 2 N–H and O–H groups in total. The normalized spacial score (nSPS) is 17.6. The summed E-state index contributed by atoms with van der Waals surface area (Å²) in [6.07, 6.45) is 1.54. The Bertz CT molecular complexity index is 1010. The highest BCUT2D eigenvalue weighted by Crippen LogP contribution is 2.40. The first-order chi connectivity index (χ1) is 12.6. The Labute approximate surface area is 155 Å². The lowest BCUT2D eigenvalue weighted by Crippen LogP contribution is -2.11. The molecule has 2 aromatic rings. The first-order valence-corrected chi connectivity index (χ1v) is 9.75. The summed E-state index contributed by atoms with van der Waals surface area (Å²) in [6.45, 7) is 2.01. The van der Waals surface area contributed by atoms with Crippen LogP contribution in [0.5, 0.6) is 0 Å². The van der Waals surface area contributed by atoms with E-state index in [9.17, 15) is 21.6 Å². The van der Waals surface area contributed by atoms with Crippen molar-refractivity contribution in [3.8, 4) is 0 Å². The molecule has 0 bridgehead atoms. The molecule has 0 aliphatic heterocycles. The highest BCUT2D eigenvalue weighted by molar-refractivity contribution is 7.89. The van der Waals surface area contributed by atoms with E-state index in [1.54, 1.807) is 12.1 Å². The molecule has 1 atom stereocenters. The maximum atomic E-state index is 12.7. The fraction of sp³-hybridized carbons (Fsp3) is 0.211. The van der Waals surface area contributed by atoms with Crippen molar-refractivity contribution in [2.75, 3.05) is 0 Å². The van der Waals surface area contributed by atoms with Crippen molar-refractivity contribution in [1.29, 1.82) is 0 Å². The van der Waals surface area contributed by atoms with E-state index in [-0.39, 0.29) is 10.8 Å². The number of hydrogen-bond donors (Lipinski definition) is 1. The zero-order valence-electron chi connectivity index (χ0n) is 14.4. The molecule has 1 aliphatic rings. The smallest absolute Gasteiger partial charge is 0.251 e. The van der Waals surface area contributed by atoms with Crippen LogP contribution in [-0.4, -0.2) is 13.4 Å². The van der Waals surface area contributed by atoms with Crippen LogP contribution in [0, 0.1) is 5.92 Å². The number of aromatic nitrogens is 1. The molecule has 0 saturated carbocycles. The first-order valence-electron chi connectivity index (χ1n) is 8.20. The van der Waals surface area contributed by atoms with Crippen molar-refractivity contribution in [2.24, 2.45) is 11.1 Å². The van der Waals surface area contributed by atoms with E-state index in [1.165, 1.54) is 24.4 Å². The minimum Gasteiger partial charge on any atom is -0.251 e. The third kappa shape index (κ3) is 4.12. The van der Waals surface area contributed by atoms with Gasteiger partial charge >= 0.3 is 6.18 Å². The highest BCUT2D eigenvalue weighted by Gasteiger charge is 2.32. The molecule has 1 aromatic carbocycles. The maximum Gasteiger partial charge on any atom is 0.433 e. The van der Waals surface area contributed by atoms with Crippen molar-refractivity contribution in [1.82, 2.24) is 4.98 Å². The first kappa shape index (κ1) is 19.3. The molecule has 1 unspecified atom stereocenters. The van der Waals surface area contributed by atoms with Gasteiger partial charge in [0.15, 0.2) is 0 Å². The summed E-state index contributed by atoms with van der Waals surface area (Å²) >= 11 is 0. The molecule has 1 aromatic heterocycles. The fourth-order valence-electron chi connectivity index (χ4n) is 2.94. The van der Waals surface area contributed by atoms with Gasteiger partial charge in [0, 0.05) is 11.8 Å². The van der Waals surface area contributed by atoms with Gasteiger partial charge < -0.3 is 0 Å². The standard InChI is InChI=1S/C19H17F3N2O2S/c1-2-12-9-16(13-3-6-15(7-4-13)27(23,25)26)17(10-12)14-5-8-18(24-11-14)19(20,21)22/h3-12H,2H2,1H3,(H2,23,25,26). The molecule has 4 nitrogen and oxygen atoms in total. The topological polar surface area (TPSA) is 73.1 Å². The van der Waals surface area contributed by atoms with Crippen molar-refractivity contribution in [2.45, 2.75) is 24.4 Å². The molecule has 27 heavy (non-hydrogen) atoms. The fourth-order valence-corrected chi connectivity index (χ4v) is 3.46. The third-order valence-electron chi connectivity index (χ3n) is 4.38. The van der Waals surface area contributed by atoms with Crippen LogP contribution in [0.25, 0.3) is 11.1 Å². The lowest BCUT2D eigenvalue weighted by Gasteiger charge is -2.11. The molecule has 3 rings (SSSR count). The van der Waals surface area contributed by atoms with Gasteiger partial charge in [0.25, 0.3) is 0 Å². The van der Waals surface area contributed by atoms with Crippen LogP contribution in [0.2, 0.25) is 0 Å². The van der Waals surface area contributed by atoms with Gasteiger partial charge in [0.1, 0.15) is 5.69 Å². The van der Waals surface area contributed by atoms with Gasteiger partial charge in [0.05, 0.1) is 4.90 Å². The number of rotatable bonds is 4. The molecule has 1 aliphatic carbocycles. The molecule has 0 fully saturated rings. The number of pyridine rings is 1. The molecular weight excluding hydrogens is 377 g/mol. The summed E-state index contributed by atoms with van der Waals surface area (Å²) in [6, 6.07) is 8.44. The predicted molar refractivity (Wildman–Crippen MR) is 96.8 cm³/mol. The molecule has 1 heterocycles. The molecule has 0 spiro atoms. The van der Waals surface area contributed by atoms with Gasteiger partial charge in [-0.3, -0.25) is 4.98 Å². The Morgan fingerprint density at radius 3 is 2.00 bits per heavy atom. The zero-order chi connectivity index (χ0) is 19.8. The van der Waals surface area contributed by atoms with Crippen molar-refractivity contribution in [3.63, 3.8) is 0 Å². The maximum absolute atomic E-state index is 12.7. The molecule has 8 heteroatoms. The monoisotopic (exact) mass is 394 g/mol. The van der Waals surface area contributed by atoms with Gasteiger partial charge in [-0.05, 0) is 47.2 Å². The summed E-state index contributed by atoms with van der Waals surface area (Å²) in [4.78, 5) is 3.53. The van der Waals surface area contributed by atoms with E-state index in [0.717, 1.165) is 29.2 Å². The van der Waals surface area contributed by atoms with E-state index in [4.69, 9.17) is 5.14 Å². The second-order valence-corrected chi connectivity index (χ2v) is 7.79. The Hall–Kier alpha value is -2.45. The van der Waals surface area contributed by atoms with Gasteiger partial charge in [-0.2, -0.15) is 13.2 Å². The number of alkyl halides is 3. The average Bonchev–Trinajstić information content (AvgIpc) is 3.05. The molecule has 0 amide bonds. The van der Waals surface area contributed by atoms with Crippen LogP contribution in [0.15, 0.2) is 59.6 Å². The molecule has 0 saturated heterocycles. The van der Waals surface area contributed by atoms with Crippen LogP contribution in [0.4, 0.5) is 13.2 Å². The zero-order valence-corrected chi connectivity index (χ0v) is 15.2. The second kappa shape index (κ2) is 6.94. The Kier molecular flexibility index (Phi) is 4.96. The Balaban J connectivity index is 1.98. The van der Waals surface area contributed by atoms with Crippen LogP contribution >= 0.6 is 0 Å². The largest absolute Gasteiger partial charge is 0.433 e.